The average Bonchev–Trinajstić information content (AvgIpc) is 2.60. The summed E-state index contributed by atoms with van der Waals surface area (Å²) < 4.78 is 22.6. The maximum absolute atomic E-state index is 11.9. The van der Waals surface area contributed by atoms with Gasteiger partial charge in [0.15, 0.2) is 0 Å². The molecule has 8 heteroatoms. The van der Waals surface area contributed by atoms with Gasteiger partial charge in [0.25, 0.3) is 0 Å². The van der Waals surface area contributed by atoms with Crippen LogP contribution in [0.1, 0.15) is 12.0 Å². The monoisotopic (exact) mass is 270 g/mol. The summed E-state index contributed by atoms with van der Waals surface area (Å²) in [5.41, 5.74) is 6.97. The number of aryl methyl sites for hydroxylation is 1. The van der Waals surface area contributed by atoms with Crippen molar-refractivity contribution in [3.05, 3.63) is 17.8 Å². The van der Waals surface area contributed by atoms with Crippen LogP contribution in [-0.4, -0.2) is 31.1 Å². The Labute approximate surface area is 105 Å². The summed E-state index contributed by atoms with van der Waals surface area (Å²) >= 11 is 0. The van der Waals surface area contributed by atoms with Gasteiger partial charge in [-0.1, -0.05) is 0 Å². The van der Waals surface area contributed by atoms with E-state index in [1.54, 1.807) is 13.0 Å². The first-order valence-electron chi connectivity index (χ1n) is 5.33. The normalized spacial score (nSPS) is 20.4. The molecule has 1 fully saturated rings. The number of hydrogen-bond acceptors (Lipinski definition) is 5. The van der Waals surface area contributed by atoms with Crippen molar-refractivity contribution in [1.82, 2.24) is 4.98 Å². The van der Waals surface area contributed by atoms with Crippen LogP contribution in [0, 0.1) is 6.92 Å². The van der Waals surface area contributed by atoms with Crippen molar-refractivity contribution < 1.29 is 13.2 Å². The number of rotatable bonds is 2. The molecule has 7 nitrogen and oxygen atoms in total. The molecule has 0 aromatic carbocycles. The zero-order valence-electron chi connectivity index (χ0n) is 9.83. The molecule has 0 bridgehead atoms. The lowest BCUT2D eigenvalue weighted by Crippen LogP contribution is -2.32. The Bertz CT molecular complexity index is 579. The Balaban J connectivity index is 2.39. The number of anilines is 2. The highest BCUT2D eigenvalue weighted by atomic mass is 32.2. The third-order valence-corrected chi connectivity index (χ3v) is 4.22. The fourth-order valence-corrected chi connectivity index (χ4v) is 2.77. The molecule has 1 aliphatic heterocycles. The number of nitrogens with two attached hydrogens (primary N) is 2. The SMILES string of the molecule is Cc1ccnc(N)c1N1CC(S(N)(=O)=O)CC1=O. The van der Waals surface area contributed by atoms with Crippen LogP contribution in [0.3, 0.4) is 0 Å². The molecule has 1 aromatic rings. The highest BCUT2D eigenvalue weighted by molar-refractivity contribution is 7.89. The molecular weight excluding hydrogens is 256 g/mol. The van der Waals surface area contributed by atoms with Gasteiger partial charge in [-0.05, 0) is 18.6 Å². The van der Waals surface area contributed by atoms with E-state index in [1.165, 1.54) is 11.1 Å². The van der Waals surface area contributed by atoms with Crippen LogP contribution in [0.25, 0.3) is 0 Å². The van der Waals surface area contributed by atoms with Crippen molar-refractivity contribution >= 4 is 27.4 Å². The number of carbonyl (C=O) groups excluding carboxylic acids is 1. The van der Waals surface area contributed by atoms with Crippen molar-refractivity contribution in [2.24, 2.45) is 5.14 Å². The van der Waals surface area contributed by atoms with E-state index < -0.39 is 15.3 Å². The molecule has 0 aliphatic carbocycles. The minimum atomic E-state index is -3.73. The van der Waals surface area contributed by atoms with Gasteiger partial charge in [0.2, 0.25) is 15.9 Å². The molecule has 1 atom stereocenters. The molecule has 18 heavy (non-hydrogen) atoms. The van der Waals surface area contributed by atoms with Crippen molar-refractivity contribution in [2.45, 2.75) is 18.6 Å². The number of pyridine rings is 1. The van der Waals surface area contributed by atoms with Gasteiger partial charge in [0, 0.05) is 19.2 Å². The molecule has 0 radical (unpaired) electrons. The molecule has 4 N–H and O–H groups in total. The minimum Gasteiger partial charge on any atom is -0.382 e. The quantitative estimate of drug-likeness (QED) is 0.741. The van der Waals surface area contributed by atoms with Crippen molar-refractivity contribution in [3.8, 4) is 0 Å². The molecule has 1 unspecified atom stereocenters. The number of sulfonamides is 1. The molecule has 1 aliphatic rings. The van der Waals surface area contributed by atoms with E-state index in [9.17, 15) is 13.2 Å². The van der Waals surface area contributed by atoms with Gasteiger partial charge in [0.1, 0.15) is 11.1 Å². The molecule has 0 saturated carbocycles. The molecular formula is C10H14N4O3S. The highest BCUT2D eigenvalue weighted by Gasteiger charge is 2.38. The number of primary sulfonamides is 1. The Morgan fingerprint density at radius 2 is 2.17 bits per heavy atom. The number of amides is 1. The standard InChI is InChI=1S/C10H14N4O3S/c1-6-2-3-13-10(11)9(6)14-5-7(4-8(14)15)18(12,16)17/h2-3,7H,4-5H2,1H3,(H2,11,13)(H2,12,16,17). The van der Waals surface area contributed by atoms with E-state index in [0.717, 1.165) is 5.56 Å². The van der Waals surface area contributed by atoms with E-state index >= 15 is 0 Å². The Kier molecular flexibility index (Phi) is 2.99. The van der Waals surface area contributed by atoms with E-state index in [-0.39, 0.29) is 24.7 Å². The zero-order chi connectivity index (χ0) is 13.5. The summed E-state index contributed by atoms with van der Waals surface area (Å²) in [5.74, 6) is -0.102. The summed E-state index contributed by atoms with van der Waals surface area (Å²) in [5, 5.41) is 4.18. The first-order chi connectivity index (χ1) is 8.30. The van der Waals surface area contributed by atoms with Gasteiger partial charge in [-0.2, -0.15) is 0 Å². The van der Waals surface area contributed by atoms with Gasteiger partial charge < -0.3 is 10.6 Å². The lowest BCUT2D eigenvalue weighted by atomic mass is 10.2. The van der Waals surface area contributed by atoms with Crippen molar-refractivity contribution in [3.63, 3.8) is 0 Å². The second-order valence-electron chi connectivity index (χ2n) is 4.28. The third kappa shape index (κ3) is 2.16. The first kappa shape index (κ1) is 12.8. The lowest BCUT2D eigenvalue weighted by molar-refractivity contribution is -0.117. The van der Waals surface area contributed by atoms with Gasteiger partial charge in [0.05, 0.1) is 5.69 Å². The fourth-order valence-electron chi connectivity index (χ4n) is 2.03. The summed E-state index contributed by atoms with van der Waals surface area (Å²) in [4.78, 5) is 17.1. The average molecular weight is 270 g/mol. The number of hydrogen-bond donors (Lipinski definition) is 2. The predicted octanol–water partition coefficient (Wildman–Crippen LogP) is -0.634. The topological polar surface area (TPSA) is 119 Å². The minimum absolute atomic E-state index is 0.0222. The lowest BCUT2D eigenvalue weighted by Gasteiger charge is -2.19. The van der Waals surface area contributed by atoms with E-state index in [1.807, 2.05) is 0 Å². The van der Waals surface area contributed by atoms with E-state index in [0.29, 0.717) is 5.69 Å². The molecule has 2 heterocycles. The second-order valence-corrected chi connectivity index (χ2v) is 6.13. The van der Waals surface area contributed by atoms with Crippen LogP contribution < -0.4 is 15.8 Å². The van der Waals surface area contributed by atoms with Gasteiger partial charge in [-0.3, -0.25) is 4.79 Å². The molecule has 0 spiro atoms. The molecule has 1 saturated heterocycles. The third-order valence-electron chi connectivity index (χ3n) is 2.98. The Morgan fingerprint density at radius 1 is 1.50 bits per heavy atom. The van der Waals surface area contributed by atoms with Gasteiger partial charge in [-0.15, -0.1) is 0 Å². The van der Waals surface area contributed by atoms with E-state index in [2.05, 4.69) is 4.98 Å². The molecule has 1 aromatic heterocycles. The summed E-state index contributed by atoms with van der Waals surface area (Å²) in [7, 11) is -3.73. The predicted molar refractivity (Wildman–Crippen MR) is 67.3 cm³/mol. The van der Waals surface area contributed by atoms with Crippen LogP contribution in [0.15, 0.2) is 12.3 Å². The van der Waals surface area contributed by atoms with E-state index in [4.69, 9.17) is 10.9 Å². The number of aromatic nitrogens is 1. The second kappa shape index (κ2) is 4.21. The Hall–Kier alpha value is -1.67. The number of nitrogen functional groups attached to an aromatic ring is 1. The number of nitrogens with zero attached hydrogens (tertiary/aromatic N) is 2. The zero-order valence-corrected chi connectivity index (χ0v) is 10.6. The number of carbonyl (C=O) groups is 1. The molecule has 2 rings (SSSR count). The van der Waals surface area contributed by atoms with Crippen molar-refractivity contribution in [1.29, 1.82) is 0 Å². The fraction of sp³-hybridized carbons (Fsp3) is 0.400. The van der Waals surface area contributed by atoms with Crippen LogP contribution in [0.5, 0.6) is 0 Å². The van der Waals surface area contributed by atoms with Crippen LogP contribution in [0.2, 0.25) is 0 Å². The largest absolute Gasteiger partial charge is 0.382 e. The first-order valence-corrected chi connectivity index (χ1v) is 6.94. The maximum Gasteiger partial charge on any atom is 0.228 e. The van der Waals surface area contributed by atoms with Crippen LogP contribution in [-0.2, 0) is 14.8 Å². The molecule has 1 amide bonds. The van der Waals surface area contributed by atoms with Crippen LogP contribution in [0.4, 0.5) is 11.5 Å². The van der Waals surface area contributed by atoms with Crippen molar-refractivity contribution in [2.75, 3.05) is 17.2 Å². The molecule has 98 valence electrons. The Morgan fingerprint density at radius 3 is 2.67 bits per heavy atom. The highest BCUT2D eigenvalue weighted by Crippen LogP contribution is 2.30. The summed E-state index contributed by atoms with van der Waals surface area (Å²) in [6.07, 6.45) is 1.42. The summed E-state index contributed by atoms with van der Waals surface area (Å²) in [6.45, 7) is 1.80. The van der Waals surface area contributed by atoms with Crippen LogP contribution >= 0.6 is 0 Å². The van der Waals surface area contributed by atoms with Gasteiger partial charge in [-0.25, -0.2) is 18.5 Å². The smallest absolute Gasteiger partial charge is 0.228 e. The van der Waals surface area contributed by atoms with Gasteiger partial charge >= 0.3 is 0 Å². The maximum atomic E-state index is 11.9. The summed E-state index contributed by atoms with van der Waals surface area (Å²) in [6, 6.07) is 1.71.